The number of carbonyl (C=O) groups is 2. The van der Waals surface area contributed by atoms with Gasteiger partial charge in [-0.2, -0.15) is 0 Å². The van der Waals surface area contributed by atoms with E-state index in [1.165, 1.54) is 24.3 Å². The Morgan fingerprint density at radius 1 is 1.30 bits per heavy atom. The van der Waals surface area contributed by atoms with E-state index in [-0.39, 0.29) is 11.9 Å². The number of likely N-dealkylation sites (N-methyl/N-ethyl adjacent to an activating group) is 1. The van der Waals surface area contributed by atoms with E-state index in [0.29, 0.717) is 13.0 Å². The van der Waals surface area contributed by atoms with Gasteiger partial charge in [0.05, 0.1) is 6.04 Å². The molecule has 0 bridgehead atoms. The van der Waals surface area contributed by atoms with Crippen LogP contribution in [0.15, 0.2) is 24.3 Å². The number of nitrogens with zero attached hydrogens (tertiary/aromatic N) is 1. The minimum Gasteiger partial charge on any atom is -0.480 e. The lowest BCUT2D eigenvalue weighted by molar-refractivity contribution is -0.156. The molecule has 1 aromatic carbocycles. The Kier molecular flexibility index (Phi) is 3.81. The van der Waals surface area contributed by atoms with E-state index in [1.807, 2.05) is 24.3 Å². The summed E-state index contributed by atoms with van der Waals surface area (Å²) in [5.41, 5.74) is 1.12. The van der Waals surface area contributed by atoms with Gasteiger partial charge in [-0.15, -0.1) is 0 Å². The zero-order valence-electron chi connectivity index (χ0n) is 12.0. The number of hydrogen-bond acceptors (Lipinski definition) is 3. The van der Waals surface area contributed by atoms with E-state index in [1.54, 1.807) is 7.05 Å². The molecule has 2 rings (SSSR count). The van der Waals surface area contributed by atoms with Gasteiger partial charge in [-0.05, 0) is 31.4 Å². The van der Waals surface area contributed by atoms with Gasteiger partial charge in [0.25, 0.3) is 0 Å². The van der Waals surface area contributed by atoms with E-state index in [2.05, 4.69) is 5.32 Å². The minimum atomic E-state index is -1.21. The van der Waals surface area contributed by atoms with Crippen molar-refractivity contribution in [2.24, 2.45) is 0 Å². The summed E-state index contributed by atoms with van der Waals surface area (Å²) >= 11 is 0. The molecule has 20 heavy (non-hydrogen) atoms. The van der Waals surface area contributed by atoms with Crippen molar-refractivity contribution in [3.05, 3.63) is 35.4 Å². The molecule has 1 aliphatic rings. The van der Waals surface area contributed by atoms with Gasteiger partial charge in [-0.25, -0.2) is 4.79 Å². The smallest absolute Gasteiger partial charge is 0.329 e. The Labute approximate surface area is 118 Å². The third kappa shape index (κ3) is 2.54. The minimum absolute atomic E-state index is 0.188. The number of amides is 1. The number of rotatable bonds is 3. The second kappa shape index (κ2) is 5.25. The highest BCUT2D eigenvalue weighted by Crippen LogP contribution is 2.20. The third-order valence-corrected chi connectivity index (χ3v) is 4.07. The van der Waals surface area contributed by atoms with Gasteiger partial charge in [0.2, 0.25) is 5.91 Å². The molecule has 0 radical (unpaired) electrons. The highest BCUT2D eigenvalue weighted by molar-refractivity contribution is 5.89. The topological polar surface area (TPSA) is 69.6 Å². The molecule has 5 nitrogen and oxygen atoms in total. The van der Waals surface area contributed by atoms with Gasteiger partial charge in [-0.1, -0.05) is 24.3 Å². The second-order valence-corrected chi connectivity index (χ2v) is 5.67. The first kappa shape index (κ1) is 14.5. The summed E-state index contributed by atoms with van der Waals surface area (Å²) in [5, 5.41) is 12.4. The number of aliphatic carboxylic acids is 1. The first-order chi connectivity index (χ1) is 9.34. The molecule has 1 heterocycles. The summed E-state index contributed by atoms with van der Waals surface area (Å²) in [5.74, 6) is -1.20. The van der Waals surface area contributed by atoms with Crippen LogP contribution < -0.4 is 5.32 Å². The van der Waals surface area contributed by atoms with E-state index in [4.69, 9.17) is 0 Å². The Bertz CT molecular complexity index is 540. The predicted molar refractivity (Wildman–Crippen MR) is 75.3 cm³/mol. The fourth-order valence-corrected chi connectivity index (χ4v) is 2.28. The molecule has 0 saturated heterocycles. The quantitative estimate of drug-likeness (QED) is 0.865. The van der Waals surface area contributed by atoms with Crippen LogP contribution in [0.3, 0.4) is 0 Å². The molecule has 2 N–H and O–H groups in total. The van der Waals surface area contributed by atoms with Crippen LogP contribution in [0.4, 0.5) is 0 Å². The number of carboxylic acids is 1. The van der Waals surface area contributed by atoms with Crippen LogP contribution in [0.25, 0.3) is 0 Å². The maximum atomic E-state index is 12.5. The zero-order valence-corrected chi connectivity index (χ0v) is 12.0. The van der Waals surface area contributed by atoms with Crippen molar-refractivity contribution in [3.8, 4) is 0 Å². The molecule has 0 unspecified atom stereocenters. The van der Waals surface area contributed by atoms with Crippen LogP contribution in [0.2, 0.25) is 0 Å². The van der Waals surface area contributed by atoms with Crippen molar-refractivity contribution < 1.29 is 14.7 Å². The summed E-state index contributed by atoms with van der Waals surface area (Å²) in [4.78, 5) is 25.0. The molecule has 1 aliphatic heterocycles. The van der Waals surface area contributed by atoms with Crippen molar-refractivity contribution in [3.63, 3.8) is 0 Å². The van der Waals surface area contributed by atoms with Crippen LogP contribution in [0, 0.1) is 0 Å². The Morgan fingerprint density at radius 2 is 1.90 bits per heavy atom. The average molecular weight is 276 g/mol. The van der Waals surface area contributed by atoms with Gasteiger partial charge < -0.3 is 15.3 Å². The molecule has 0 aliphatic carbocycles. The Hall–Kier alpha value is -1.88. The monoisotopic (exact) mass is 276 g/mol. The summed E-state index contributed by atoms with van der Waals surface area (Å²) in [7, 11) is 1.54. The van der Waals surface area contributed by atoms with Crippen LogP contribution in [0.1, 0.15) is 25.0 Å². The van der Waals surface area contributed by atoms with Gasteiger partial charge in [-0.3, -0.25) is 4.79 Å². The first-order valence-electron chi connectivity index (χ1n) is 6.65. The molecule has 0 saturated carbocycles. The maximum Gasteiger partial charge on any atom is 0.329 e. The molecule has 0 spiro atoms. The van der Waals surface area contributed by atoms with E-state index in [0.717, 1.165) is 5.56 Å². The van der Waals surface area contributed by atoms with Crippen LogP contribution >= 0.6 is 0 Å². The normalized spacial score (nSPS) is 18.2. The lowest BCUT2D eigenvalue weighted by Gasteiger charge is -2.36. The van der Waals surface area contributed by atoms with Crippen molar-refractivity contribution in [2.45, 2.75) is 38.4 Å². The second-order valence-electron chi connectivity index (χ2n) is 5.67. The Balaban J connectivity index is 2.14. The number of carbonyl (C=O) groups excluding carboxylic acids is 1. The van der Waals surface area contributed by atoms with Crippen molar-refractivity contribution in [1.82, 2.24) is 10.2 Å². The van der Waals surface area contributed by atoms with E-state index >= 15 is 0 Å². The lowest BCUT2D eigenvalue weighted by Crippen LogP contribution is -2.57. The zero-order chi connectivity index (χ0) is 14.9. The molecule has 0 aromatic heterocycles. The third-order valence-electron chi connectivity index (χ3n) is 4.07. The highest BCUT2D eigenvalue weighted by atomic mass is 16.4. The van der Waals surface area contributed by atoms with Crippen molar-refractivity contribution in [1.29, 1.82) is 0 Å². The molecule has 1 amide bonds. The Morgan fingerprint density at radius 3 is 2.50 bits per heavy atom. The van der Waals surface area contributed by atoms with Crippen LogP contribution in [-0.2, 0) is 22.6 Å². The van der Waals surface area contributed by atoms with Crippen molar-refractivity contribution in [2.75, 3.05) is 7.05 Å². The van der Waals surface area contributed by atoms with Crippen LogP contribution in [0.5, 0.6) is 0 Å². The summed E-state index contributed by atoms with van der Waals surface area (Å²) < 4.78 is 0. The molecule has 1 atom stereocenters. The molecule has 108 valence electrons. The molecular weight excluding hydrogens is 256 g/mol. The van der Waals surface area contributed by atoms with Gasteiger partial charge in [0, 0.05) is 13.6 Å². The highest BCUT2D eigenvalue weighted by Gasteiger charge is 2.38. The number of nitrogens with one attached hydrogen (secondary N) is 1. The fourth-order valence-electron chi connectivity index (χ4n) is 2.28. The summed E-state index contributed by atoms with van der Waals surface area (Å²) in [6.07, 6.45) is 0.592. The van der Waals surface area contributed by atoms with Gasteiger partial charge in [0.15, 0.2) is 0 Å². The number of benzene rings is 1. The van der Waals surface area contributed by atoms with E-state index in [9.17, 15) is 14.7 Å². The summed E-state index contributed by atoms with van der Waals surface area (Å²) in [6.45, 7) is 3.70. The predicted octanol–water partition coefficient (Wildman–Crippen LogP) is 1.02. The summed E-state index contributed by atoms with van der Waals surface area (Å²) in [6, 6.07) is 7.61. The number of carboxylic acid groups (broad SMARTS) is 1. The van der Waals surface area contributed by atoms with Gasteiger partial charge in [0.1, 0.15) is 5.54 Å². The maximum absolute atomic E-state index is 12.5. The standard InChI is InChI=1S/C15H20N2O3/c1-15(2,14(19)20)17(3)13(18)12-8-10-6-4-5-7-11(10)9-16-12/h4-7,12,16H,8-9H2,1-3H3,(H,19,20)/t12-/m0/s1. The van der Waals surface area contributed by atoms with Crippen molar-refractivity contribution >= 4 is 11.9 Å². The molecule has 1 aromatic rings. The van der Waals surface area contributed by atoms with Crippen LogP contribution in [-0.4, -0.2) is 40.5 Å². The van der Waals surface area contributed by atoms with Gasteiger partial charge >= 0.3 is 5.97 Å². The SMILES string of the molecule is CN(C(=O)[C@@H]1Cc2ccccc2CN1)C(C)(C)C(=O)O. The number of fused-ring (bicyclic) bond motifs is 1. The van der Waals surface area contributed by atoms with E-state index < -0.39 is 11.5 Å². The molecular formula is C15H20N2O3. The fraction of sp³-hybridized carbons (Fsp3) is 0.467. The largest absolute Gasteiger partial charge is 0.480 e. The average Bonchev–Trinajstić information content (AvgIpc) is 2.44. The number of hydrogen-bond donors (Lipinski definition) is 2. The lowest BCUT2D eigenvalue weighted by atomic mass is 9.94. The molecule has 0 fully saturated rings. The molecule has 5 heteroatoms. The first-order valence-corrected chi connectivity index (χ1v) is 6.65.